The zero-order valence-electron chi connectivity index (χ0n) is 9.79. The minimum absolute atomic E-state index is 0.0148. The normalized spacial score (nSPS) is 11.9. The minimum Gasteiger partial charge on any atom is -0.249 e. The summed E-state index contributed by atoms with van der Waals surface area (Å²) in [4.78, 5) is 3.70. The Hall–Kier alpha value is -0.770. The van der Waals surface area contributed by atoms with E-state index in [1.807, 2.05) is 13.8 Å². The number of nitrogens with zero attached hydrogens (tertiary/aromatic N) is 1. The van der Waals surface area contributed by atoms with Gasteiger partial charge in [0.25, 0.3) is 0 Å². The van der Waals surface area contributed by atoms with Crippen molar-refractivity contribution < 1.29 is 13.2 Å². The number of aryl methyl sites for hydroxylation is 1. The molecule has 0 aliphatic heterocycles. The van der Waals surface area contributed by atoms with Gasteiger partial charge in [-0.2, -0.15) is 13.2 Å². The molecule has 0 bridgehead atoms. The molecule has 0 unspecified atom stereocenters. The van der Waals surface area contributed by atoms with Crippen molar-refractivity contribution in [3.63, 3.8) is 0 Å². The quantitative estimate of drug-likeness (QED) is 0.782. The van der Waals surface area contributed by atoms with Crippen molar-refractivity contribution >= 4 is 11.6 Å². The summed E-state index contributed by atoms with van der Waals surface area (Å²) in [6.07, 6.45) is -0.138. The highest BCUT2D eigenvalue weighted by Crippen LogP contribution is 2.37. The Kier molecular flexibility index (Phi) is 4.80. The van der Waals surface area contributed by atoms with Gasteiger partial charge in [0, 0.05) is 0 Å². The molecule has 1 aromatic heterocycles. The molecule has 1 nitrogen and oxygen atoms in total. The second kappa shape index (κ2) is 5.71. The molecular weight excluding hydrogens is 251 g/mol. The molecule has 0 aliphatic rings. The van der Waals surface area contributed by atoms with Gasteiger partial charge in [0.05, 0.1) is 16.3 Å². The highest BCUT2D eigenvalue weighted by Gasteiger charge is 2.37. The van der Waals surface area contributed by atoms with Crippen molar-refractivity contribution in [1.29, 1.82) is 0 Å². The number of alkyl halides is 3. The Morgan fingerprint density at radius 2 is 1.76 bits per heavy atom. The van der Waals surface area contributed by atoms with Crippen LogP contribution in [0.3, 0.4) is 0 Å². The lowest BCUT2D eigenvalue weighted by Crippen LogP contribution is -2.15. The number of rotatable bonds is 4. The van der Waals surface area contributed by atoms with Crippen LogP contribution in [0.1, 0.15) is 43.5 Å². The van der Waals surface area contributed by atoms with Crippen LogP contribution in [0.25, 0.3) is 0 Å². The zero-order valence-corrected chi connectivity index (χ0v) is 10.5. The molecule has 1 radical (unpaired) electrons. The number of hydrogen-bond acceptors (Lipinski definition) is 1. The topological polar surface area (TPSA) is 12.9 Å². The summed E-state index contributed by atoms with van der Waals surface area (Å²) < 4.78 is 39.1. The summed E-state index contributed by atoms with van der Waals surface area (Å²) in [6.45, 7) is 3.63. The number of aromatic nitrogens is 1. The number of halogens is 4. The first-order chi connectivity index (χ1) is 7.91. The third kappa shape index (κ3) is 3.35. The third-order valence-corrected chi connectivity index (χ3v) is 2.73. The smallest absolute Gasteiger partial charge is 0.249 e. The van der Waals surface area contributed by atoms with Crippen molar-refractivity contribution in [3.05, 3.63) is 28.0 Å². The standard InChI is InChI=1S/C12H14ClF3N/c1-3-5-8-9(13)7-17-10(6-4-2)11(8)12(14,15)16/h3-6H2,1-2H3. The Balaban J connectivity index is 3.39. The Bertz CT molecular complexity index is 388. The lowest BCUT2D eigenvalue weighted by molar-refractivity contribution is -0.139. The fourth-order valence-corrected chi connectivity index (χ4v) is 1.99. The van der Waals surface area contributed by atoms with E-state index in [2.05, 4.69) is 11.2 Å². The minimum atomic E-state index is -4.40. The van der Waals surface area contributed by atoms with Gasteiger partial charge in [-0.15, -0.1) is 0 Å². The van der Waals surface area contributed by atoms with Crippen LogP contribution >= 0.6 is 11.6 Å². The highest BCUT2D eigenvalue weighted by atomic mass is 35.5. The van der Waals surface area contributed by atoms with Gasteiger partial charge in [0.2, 0.25) is 0 Å². The van der Waals surface area contributed by atoms with Crippen LogP contribution in [-0.4, -0.2) is 4.98 Å². The van der Waals surface area contributed by atoms with Crippen molar-refractivity contribution in [3.8, 4) is 0 Å². The molecule has 5 heteroatoms. The summed E-state index contributed by atoms with van der Waals surface area (Å²) in [5, 5.41) is -0.0148. The molecule has 1 heterocycles. The molecule has 0 atom stereocenters. The van der Waals surface area contributed by atoms with Crippen molar-refractivity contribution in [2.75, 3.05) is 0 Å². The van der Waals surface area contributed by atoms with E-state index >= 15 is 0 Å². The van der Waals surface area contributed by atoms with Crippen LogP contribution in [0, 0.1) is 6.20 Å². The van der Waals surface area contributed by atoms with Gasteiger partial charge in [-0.1, -0.05) is 38.3 Å². The van der Waals surface area contributed by atoms with Crippen LogP contribution in [0.15, 0.2) is 0 Å². The maximum atomic E-state index is 13.0. The molecule has 0 aliphatic carbocycles. The molecule has 1 rings (SSSR count). The van der Waals surface area contributed by atoms with E-state index in [0.29, 0.717) is 25.7 Å². The molecule has 17 heavy (non-hydrogen) atoms. The van der Waals surface area contributed by atoms with Gasteiger partial charge in [-0.3, -0.25) is 0 Å². The molecule has 0 amide bonds. The van der Waals surface area contributed by atoms with E-state index in [0.717, 1.165) is 0 Å². The Morgan fingerprint density at radius 1 is 1.18 bits per heavy atom. The van der Waals surface area contributed by atoms with E-state index in [1.54, 1.807) is 0 Å². The maximum absolute atomic E-state index is 13.0. The number of pyridine rings is 1. The Labute approximate surface area is 104 Å². The average Bonchev–Trinajstić information content (AvgIpc) is 2.22. The van der Waals surface area contributed by atoms with Crippen molar-refractivity contribution in [1.82, 2.24) is 4.98 Å². The molecule has 0 N–H and O–H groups in total. The molecule has 1 aromatic rings. The third-order valence-electron chi connectivity index (χ3n) is 2.41. The molecule has 0 saturated heterocycles. The fourth-order valence-electron chi connectivity index (χ4n) is 1.76. The summed E-state index contributed by atoms with van der Waals surface area (Å²) in [5.74, 6) is 0. The lowest BCUT2D eigenvalue weighted by Gasteiger charge is -2.17. The van der Waals surface area contributed by atoms with E-state index in [-0.39, 0.29) is 16.3 Å². The van der Waals surface area contributed by atoms with Crippen LogP contribution in [-0.2, 0) is 19.0 Å². The second-order valence-electron chi connectivity index (χ2n) is 3.84. The summed E-state index contributed by atoms with van der Waals surface area (Å²) in [6, 6.07) is 0. The summed E-state index contributed by atoms with van der Waals surface area (Å²) >= 11 is 5.77. The van der Waals surface area contributed by atoms with Gasteiger partial charge < -0.3 is 0 Å². The predicted octanol–water partition coefficient (Wildman–Crippen LogP) is 4.46. The van der Waals surface area contributed by atoms with E-state index in [1.165, 1.54) is 0 Å². The molecule has 0 fully saturated rings. The first kappa shape index (κ1) is 14.3. The molecule has 0 aromatic carbocycles. The van der Waals surface area contributed by atoms with Gasteiger partial charge in [0.15, 0.2) is 0 Å². The van der Waals surface area contributed by atoms with E-state index in [9.17, 15) is 13.2 Å². The molecule has 0 spiro atoms. The van der Waals surface area contributed by atoms with E-state index < -0.39 is 11.7 Å². The monoisotopic (exact) mass is 264 g/mol. The van der Waals surface area contributed by atoms with Gasteiger partial charge in [0.1, 0.15) is 6.20 Å². The Morgan fingerprint density at radius 3 is 2.24 bits per heavy atom. The van der Waals surface area contributed by atoms with Crippen LogP contribution in [0.4, 0.5) is 13.2 Å². The summed E-state index contributed by atoms with van der Waals surface area (Å²) in [5.41, 5.74) is -0.488. The summed E-state index contributed by atoms with van der Waals surface area (Å²) in [7, 11) is 0. The second-order valence-corrected chi connectivity index (χ2v) is 4.21. The van der Waals surface area contributed by atoms with Gasteiger partial charge >= 0.3 is 6.18 Å². The van der Waals surface area contributed by atoms with E-state index in [4.69, 9.17) is 11.6 Å². The van der Waals surface area contributed by atoms with Gasteiger partial charge in [-0.05, 0) is 18.4 Å². The van der Waals surface area contributed by atoms with Crippen molar-refractivity contribution in [2.45, 2.75) is 45.7 Å². The van der Waals surface area contributed by atoms with Crippen molar-refractivity contribution in [2.24, 2.45) is 0 Å². The fraction of sp³-hybridized carbons (Fsp3) is 0.583. The predicted molar refractivity (Wildman–Crippen MR) is 61.1 cm³/mol. The van der Waals surface area contributed by atoms with Crippen LogP contribution in [0.2, 0.25) is 5.02 Å². The SMILES string of the molecule is CCCc1n[c]c(Cl)c(CCC)c1C(F)(F)F. The molecular formula is C12H14ClF3N. The molecule has 95 valence electrons. The zero-order chi connectivity index (χ0) is 13.1. The van der Waals surface area contributed by atoms with Gasteiger partial charge in [-0.25, -0.2) is 4.98 Å². The highest BCUT2D eigenvalue weighted by molar-refractivity contribution is 6.31. The number of hydrogen-bond donors (Lipinski definition) is 0. The maximum Gasteiger partial charge on any atom is 0.418 e. The average molecular weight is 265 g/mol. The largest absolute Gasteiger partial charge is 0.418 e. The molecule has 0 saturated carbocycles. The first-order valence-electron chi connectivity index (χ1n) is 5.57. The first-order valence-corrected chi connectivity index (χ1v) is 5.95. The lowest BCUT2D eigenvalue weighted by atomic mass is 9.99. The van der Waals surface area contributed by atoms with Crippen LogP contribution < -0.4 is 0 Å². The van der Waals surface area contributed by atoms with Crippen LogP contribution in [0.5, 0.6) is 0 Å².